The van der Waals surface area contributed by atoms with Gasteiger partial charge in [0.15, 0.2) is 17.7 Å². The maximum absolute atomic E-state index is 13.4. The van der Waals surface area contributed by atoms with Crippen molar-refractivity contribution < 1.29 is 99.5 Å². The average molecular weight is 1130 g/mol. The number of amides is 4. The zero-order chi connectivity index (χ0) is 54.0. The standard InChI is InChI=1S/C38H54N9O21P3S2/c1-37(2,15-65-71(60,61)68-70(58,59)64-14-20-26(67-69(55,56)57)25(49)34(66-20)46-17-44-23-29(39)42-16-43-30(23)46)28(50)32(52)41-11-10-21(48)40-12-13-72-36(54)27-38(3,4)73-35-24(33(53)47(27)35)45-31(51)22-18(62-5)8-7-9-19(22)63-6/h7-9,16-17,20,24-28,34-35,49-50H,10-15H2,1-6H3,(H,40,48)(H,41,52)(H,45,51)(H,58,59)(H,60,61)(H2,39,42,43)(H2,55,56,57)/t20?,24-,25?,26?,27+,28?,34?,35-/m1/s1. The highest BCUT2D eigenvalue weighted by molar-refractivity contribution is 8.14. The number of hydrogen-bond donors (Lipinski definition) is 10. The van der Waals surface area contributed by atoms with Crippen LogP contribution >= 0.6 is 47.0 Å². The Morgan fingerprint density at radius 2 is 1.66 bits per heavy atom. The van der Waals surface area contributed by atoms with Crippen molar-refractivity contribution in [3.8, 4) is 11.5 Å². The number of ether oxygens (including phenoxy) is 3. The van der Waals surface area contributed by atoms with Gasteiger partial charge in [-0.15, -0.1) is 11.8 Å². The number of carbonyl (C=O) groups excluding carboxylic acids is 5. The van der Waals surface area contributed by atoms with Crippen molar-refractivity contribution in [1.82, 2.24) is 40.4 Å². The van der Waals surface area contributed by atoms with E-state index in [9.17, 15) is 67.5 Å². The molecular weight excluding hydrogens is 1080 g/mol. The summed E-state index contributed by atoms with van der Waals surface area (Å²) in [6.45, 7) is 3.73. The number of nitrogen functional groups attached to an aromatic ring is 1. The maximum Gasteiger partial charge on any atom is 0.481 e. The van der Waals surface area contributed by atoms with Crippen molar-refractivity contribution in [3.05, 3.63) is 36.4 Å². The van der Waals surface area contributed by atoms with Gasteiger partial charge in [0.2, 0.25) is 22.8 Å². The quantitative estimate of drug-likeness (QED) is 0.0308. The van der Waals surface area contributed by atoms with E-state index in [0.29, 0.717) is 0 Å². The van der Waals surface area contributed by atoms with Crippen LogP contribution < -0.4 is 31.2 Å². The van der Waals surface area contributed by atoms with Crippen LogP contribution in [-0.4, -0.2) is 176 Å². The second-order valence-corrected chi connectivity index (χ2v) is 24.6. The van der Waals surface area contributed by atoms with Gasteiger partial charge in [-0.3, -0.25) is 42.1 Å². The zero-order valence-electron chi connectivity index (χ0n) is 39.5. The first-order valence-electron chi connectivity index (χ1n) is 21.6. The van der Waals surface area contributed by atoms with Crippen molar-refractivity contribution in [2.75, 3.05) is 52.0 Å². The monoisotopic (exact) mass is 1130 g/mol. The Hall–Kier alpha value is -4.33. The van der Waals surface area contributed by atoms with E-state index < -0.39 is 119 Å². The van der Waals surface area contributed by atoms with Crippen LogP contribution in [0.1, 0.15) is 50.7 Å². The van der Waals surface area contributed by atoms with E-state index in [1.807, 2.05) is 13.8 Å². The van der Waals surface area contributed by atoms with Gasteiger partial charge in [0.25, 0.3) is 5.91 Å². The molecule has 3 fully saturated rings. The van der Waals surface area contributed by atoms with Gasteiger partial charge in [-0.2, -0.15) is 4.31 Å². The number of aliphatic hydroxyl groups is 2. The Labute approximate surface area is 423 Å². The number of fused-ring (bicyclic) bond motifs is 2. The highest BCUT2D eigenvalue weighted by Crippen LogP contribution is 2.61. The van der Waals surface area contributed by atoms with E-state index in [1.54, 1.807) is 18.2 Å². The summed E-state index contributed by atoms with van der Waals surface area (Å²) in [5, 5.41) is 28.5. The van der Waals surface area contributed by atoms with E-state index in [4.69, 9.17) is 29.0 Å². The van der Waals surface area contributed by atoms with Crippen molar-refractivity contribution in [1.29, 1.82) is 0 Å². The van der Waals surface area contributed by atoms with Gasteiger partial charge in [-0.25, -0.2) is 28.6 Å². The zero-order valence-corrected chi connectivity index (χ0v) is 43.8. The molecule has 0 radical (unpaired) electrons. The summed E-state index contributed by atoms with van der Waals surface area (Å²) < 4.78 is 72.5. The molecule has 73 heavy (non-hydrogen) atoms. The van der Waals surface area contributed by atoms with Gasteiger partial charge in [-0.05, 0) is 26.0 Å². The molecule has 10 atom stereocenters. The van der Waals surface area contributed by atoms with Crippen molar-refractivity contribution in [2.45, 2.75) is 87.0 Å². The molecule has 0 aliphatic carbocycles. The molecule has 35 heteroatoms. The summed E-state index contributed by atoms with van der Waals surface area (Å²) in [6, 6.07) is 3.08. The number of benzene rings is 1. The first-order valence-corrected chi connectivity index (χ1v) is 28.0. The third-order valence-corrected chi connectivity index (χ3v) is 16.9. The van der Waals surface area contributed by atoms with Crippen molar-refractivity contribution in [3.63, 3.8) is 0 Å². The first-order chi connectivity index (χ1) is 34.0. The molecule has 3 aliphatic rings. The Morgan fingerprint density at radius 1 is 1.00 bits per heavy atom. The number of carbonyl (C=O) groups is 5. The third kappa shape index (κ3) is 13.6. The molecule has 1 aromatic carbocycles. The fourth-order valence-corrected chi connectivity index (χ4v) is 13.3. The molecule has 0 saturated carbocycles. The topological polar surface area (TPSA) is 432 Å². The number of aliphatic hydroxyl groups excluding tert-OH is 2. The summed E-state index contributed by atoms with van der Waals surface area (Å²) >= 11 is 2.27. The number of nitrogens with one attached hydrogen (secondary N) is 3. The lowest BCUT2D eigenvalue weighted by Gasteiger charge is -2.44. The molecule has 3 aromatic rings. The minimum absolute atomic E-state index is 0.0137. The molecule has 2 aromatic heterocycles. The molecule has 6 rings (SSSR count). The molecule has 4 amide bonds. The van der Waals surface area contributed by atoms with Gasteiger partial charge in [0, 0.05) is 35.4 Å². The summed E-state index contributed by atoms with van der Waals surface area (Å²) in [7, 11) is -13.7. The molecule has 30 nitrogen and oxygen atoms in total. The number of anilines is 1. The van der Waals surface area contributed by atoms with Gasteiger partial charge in [0.1, 0.15) is 70.8 Å². The lowest BCUT2D eigenvalue weighted by atomic mass is 9.87. The molecule has 404 valence electrons. The van der Waals surface area contributed by atoms with Gasteiger partial charge in [-0.1, -0.05) is 31.7 Å². The second kappa shape index (κ2) is 22.9. The van der Waals surface area contributed by atoms with Crippen molar-refractivity contribution in [2.24, 2.45) is 5.41 Å². The summed E-state index contributed by atoms with van der Waals surface area (Å²) in [6.07, 6.45) is -7.21. The number of methoxy groups -OCH3 is 2. The average Bonchev–Trinajstić information content (AvgIpc) is 3.96. The molecule has 0 bridgehead atoms. The number of rotatable bonds is 24. The van der Waals surface area contributed by atoms with E-state index in [-0.39, 0.29) is 64.4 Å². The van der Waals surface area contributed by atoms with Crippen LogP contribution in [0.4, 0.5) is 5.82 Å². The Bertz CT molecular complexity index is 2710. The largest absolute Gasteiger partial charge is 0.496 e. The lowest BCUT2D eigenvalue weighted by Crippen LogP contribution is -2.70. The molecular formula is C38H54N9O21P3S2. The highest BCUT2D eigenvalue weighted by Gasteiger charge is 2.64. The predicted octanol–water partition coefficient (Wildman–Crippen LogP) is -0.457. The minimum Gasteiger partial charge on any atom is -0.496 e. The molecule has 7 unspecified atom stereocenters. The summed E-state index contributed by atoms with van der Waals surface area (Å²) in [4.78, 5) is 118. The Balaban J connectivity index is 0.903. The smallest absolute Gasteiger partial charge is 0.481 e. The SMILES string of the molecule is COc1cccc(OC)c1C(=O)N[C@@H]1C(=O)N2[C@@H]1SC(C)(C)[C@@H]2C(=O)SCCNC(=O)CCNC(=O)C(O)C(C)(C)COP(=O)(O)OP(=O)(O)OCC1OC(n2cnc3c(N)ncnc32)C(O)C1OP(=O)(O)O. The highest BCUT2D eigenvalue weighted by atomic mass is 32.2. The number of hydrogen-bond acceptors (Lipinski definition) is 23. The number of phosphoric ester groups is 3. The van der Waals surface area contributed by atoms with E-state index in [2.05, 4.69) is 39.7 Å². The minimum atomic E-state index is -5.62. The van der Waals surface area contributed by atoms with Gasteiger partial charge >= 0.3 is 23.5 Å². The van der Waals surface area contributed by atoms with E-state index in [1.165, 1.54) is 44.7 Å². The van der Waals surface area contributed by atoms with Gasteiger partial charge < -0.3 is 70.6 Å². The van der Waals surface area contributed by atoms with Crippen molar-refractivity contribution >= 4 is 92.7 Å². The fraction of sp³-hybridized carbons (Fsp3) is 0.579. The third-order valence-electron chi connectivity index (χ3n) is 11.4. The van der Waals surface area contributed by atoms with Crippen LogP contribution in [0.25, 0.3) is 11.2 Å². The molecule has 5 heterocycles. The van der Waals surface area contributed by atoms with Crippen LogP contribution in [-0.2, 0) is 55.5 Å². The molecule has 3 aliphatic heterocycles. The summed E-state index contributed by atoms with van der Waals surface area (Å²) in [5.74, 6) is -2.01. The molecule has 3 saturated heterocycles. The molecule has 0 spiro atoms. The maximum atomic E-state index is 13.4. The first kappa shape index (κ1) is 57.9. The van der Waals surface area contributed by atoms with Crippen LogP contribution in [0.2, 0.25) is 0 Å². The number of thioether (sulfide) groups is 2. The van der Waals surface area contributed by atoms with Crippen LogP contribution in [0.3, 0.4) is 0 Å². The Morgan fingerprint density at radius 3 is 2.30 bits per heavy atom. The number of aromatic nitrogens is 4. The number of phosphoric acid groups is 3. The van der Waals surface area contributed by atoms with E-state index in [0.717, 1.165) is 29.0 Å². The Kier molecular flexibility index (Phi) is 18.2. The number of imidazole rings is 1. The van der Waals surface area contributed by atoms with E-state index >= 15 is 0 Å². The fourth-order valence-electron chi connectivity index (χ4n) is 7.78. The number of β-lactam (4-membered cyclic amide) rings is 1. The second-order valence-electron chi connectivity index (χ2n) is 17.5. The summed E-state index contributed by atoms with van der Waals surface area (Å²) in [5.41, 5.74) is 4.30. The molecule has 11 N–H and O–H groups in total. The number of nitrogens with zero attached hydrogens (tertiary/aromatic N) is 5. The predicted molar refractivity (Wildman–Crippen MR) is 254 cm³/mol. The lowest BCUT2D eigenvalue weighted by molar-refractivity contribution is -0.150. The number of nitrogens with two attached hydrogens (primary N) is 1. The van der Waals surface area contributed by atoms with Crippen LogP contribution in [0, 0.1) is 5.41 Å². The normalized spacial score (nSPS) is 24.7. The van der Waals surface area contributed by atoms with Crippen LogP contribution in [0.5, 0.6) is 11.5 Å². The van der Waals surface area contributed by atoms with Crippen LogP contribution in [0.15, 0.2) is 30.9 Å². The van der Waals surface area contributed by atoms with Gasteiger partial charge in [0.05, 0.1) is 33.8 Å².